The summed E-state index contributed by atoms with van der Waals surface area (Å²) < 4.78 is 20.5. The smallest absolute Gasteiger partial charge is 0.253 e. The number of aromatic nitrogens is 2. The van der Waals surface area contributed by atoms with Crippen LogP contribution in [-0.2, 0) is 6.54 Å². The summed E-state index contributed by atoms with van der Waals surface area (Å²) in [5.41, 5.74) is 10.3. The van der Waals surface area contributed by atoms with Crippen LogP contribution >= 0.6 is 11.6 Å². The summed E-state index contributed by atoms with van der Waals surface area (Å²) in [4.78, 5) is 28.1. The zero-order valence-corrected chi connectivity index (χ0v) is 22.2. The predicted molar refractivity (Wildman–Crippen MR) is 157 cm³/mol. The van der Waals surface area contributed by atoms with E-state index in [1.807, 2.05) is 6.07 Å². The van der Waals surface area contributed by atoms with E-state index < -0.39 is 5.82 Å². The third-order valence-electron chi connectivity index (χ3n) is 6.40. The lowest BCUT2D eigenvalue weighted by molar-refractivity contribution is 0.0799. The summed E-state index contributed by atoms with van der Waals surface area (Å²) in [6.45, 7) is 1.11. The molecule has 3 aromatic carbocycles. The number of rotatable bonds is 7. The summed E-state index contributed by atoms with van der Waals surface area (Å²) in [7, 11) is 3.21. The largest absolute Gasteiger partial charge is 0.496 e. The molecule has 3 N–H and O–H groups in total. The molecule has 0 fully saturated rings. The van der Waals surface area contributed by atoms with Crippen molar-refractivity contribution in [2.75, 3.05) is 32.6 Å². The second kappa shape index (κ2) is 12.2. The number of methoxy groups -OCH3 is 1. The summed E-state index contributed by atoms with van der Waals surface area (Å²) in [5, 5.41) is 3.68. The molecule has 0 aliphatic carbocycles. The first-order valence-corrected chi connectivity index (χ1v) is 12.6. The normalized spacial score (nSPS) is 11.8. The molecule has 0 radical (unpaired) electrons. The fourth-order valence-electron chi connectivity index (χ4n) is 4.44. The molecule has 1 aliphatic heterocycles. The van der Waals surface area contributed by atoms with Crippen LogP contribution in [0.3, 0.4) is 0 Å². The van der Waals surface area contributed by atoms with Crippen LogP contribution in [0.5, 0.6) is 5.75 Å². The van der Waals surface area contributed by atoms with Crippen molar-refractivity contribution >= 4 is 34.9 Å². The van der Waals surface area contributed by atoms with Crippen LogP contribution in [0.1, 0.15) is 34.5 Å². The first-order chi connectivity index (χ1) is 18.9. The average Bonchev–Trinajstić information content (AvgIpc) is 3.09. The van der Waals surface area contributed by atoms with Crippen LogP contribution in [0.25, 0.3) is 11.3 Å². The Labute approximate surface area is 237 Å². The number of carbonyl (C=O) groups excluding carboxylic acids is 1. The zero-order chi connectivity index (χ0) is 27.5. The minimum atomic E-state index is -0.449. The summed E-state index contributed by atoms with van der Waals surface area (Å²) in [6, 6.07) is 17.1. The number of likely N-dealkylation sites (N-methyl/N-ethyl adjacent to an activating group) is 1. The van der Waals surface area contributed by atoms with Gasteiger partial charge >= 0.3 is 0 Å². The molecule has 0 atom stereocenters. The molecule has 0 bridgehead atoms. The van der Waals surface area contributed by atoms with E-state index in [1.54, 1.807) is 66.7 Å². The van der Waals surface area contributed by atoms with E-state index >= 15 is 4.39 Å². The summed E-state index contributed by atoms with van der Waals surface area (Å²) >= 11 is 6.38. The van der Waals surface area contributed by atoms with Gasteiger partial charge in [0.15, 0.2) is 0 Å². The lowest BCUT2D eigenvalue weighted by atomic mass is 9.94. The predicted octanol–water partition coefficient (Wildman–Crippen LogP) is 5.71. The number of benzene rings is 3. The lowest BCUT2D eigenvalue weighted by Crippen LogP contribution is -2.31. The molecule has 2 heterocycles. The maximum atomic E-state index is 15.1. The third kappa shape index (κ3) is 5.66. The summed E-state index contributed by atoms with van der Waals surface area (Å²) in [6.07, 6.45) is 1.70. The standard InChI is InChI=1S/C29H26ClFN6O2.CH4/c1-37(13-12-32)28(38)17-6-9-20(10-7-17)35-29-34-16-18-15-33-27(25-23(31)4-3-5-24(25)39-2)22-14-19(30)8-11-21(22)26(18)36-29;/h3-11,14,16H,12-13,15,32H2,1-2H3,(H,34,35,36);1H4. The average molecular weight is 561 g/mol. The van der Waals surface area contributed by atoms with Gasteiger partial charge in [0.05, 0.1) is 30.6 Å². The van der Waals surface area contributed by atoms with E-state index in [9.17, 15) is 4.79 Å². The van der Waals surface area contributed by atoms with Gasteiger partial charge in [-0.2, -0.15) is 0 Å². The molecule has 0 unspecified atom stereocenters. The van der Waals surface area contributed by atoms with Crippen molar-refractivity contribution in [3.05, 3.63) is 100.0 Å². The molecule has 40 heavy (non-hydrogen) atoms. The highest BCUT2D eigenvalue weighted by molar-refractivity contribution is 6.31. The maximum absolute atomic E-state index is 15.1. The van der Waals surface area contributed by atoms with Crippen LogP contribution < -0.4 is 15.8 Å². The Hall–Kier alpha value is -4.34. The molecule has 4 aromatic rings. The van der Waals surface area contributed by atoms with E-state index in [1.165, 1.54) is 13.2 Å². The Bertz CT molecular complexity index is 1580. The Morgan fingerprint density at radius 1 is 1.15 bits per heavy atom. The number of halogens is 2. The molecule has 0 saturated carbocycles. The van der Waals surface area contributed by atoms with Crippen LogP contribution in [0.4, 0.5) is 16.0 Å². The molecule has 0 saturated heterocycles. The Morgan fingerprint density at radius 3 is 2.65 bits per heavy atom. The highest BCUT2D eigenvalue weighted by Crippen LogP contribution is 2.36. The molecular weight excluding hydrogens is 531 g/mol. The van der Waals surface area contributed by atoms with Gasteiger partial charge in [0.2, 0.25) is 5.95 Å². The third-order valence-corrected chi connectivity index (χ3v) is 6.63. The lowest BCUT2D eigenvalue weighted by Gasteiger charge is -2.16. The van der Waals surface area contributed by atoms with Gasteiger partial charge in [0.1, 0.15) is 11.6 Å². The first-order valence-electron chi connectivity index (χ1n) is 12.3. The van der Waals surface area contributed by atoms with Crippen molar-refractivity contribution < 1.29 is 13.9 Å². The molecule has 206 valence electrons. The second-order valence-electron chi connectivity index (χ2n) is 8.96. The van der Waals surface area contributed by atoms with Crippen molar-refractivity contribution in [3.8, 4) is 17.0 Å². The molecule has 8 nitrogen and oxygen atoms in total. The number of carbonyl (C=O) groups is 1. The van der Waals surface area contributed by atoms with E-state index in [0.717, 1.165) is 11.1 Å². The molecule has 10 heteroatoms. The highest BCUT2D eigenvalue weighted by atomic mass is 35.5. The molecule has 1 amide bonds. The summed E-state index contributed by atoms with van der Waals surface area (Å²) in [5.74, 6) is 0.177. The first kappa shape index (κ1) is 28.7. The number of ether oxygens (including phenoxy) is 1. The van der Waals surface area contributed by atoms with Crippen molar-refractivity contribution in [1.82, 2.24) is 14.9 Å². The van der Waals surface area contributed by atoms with Gasteiger partial charge in [0, 0.05) is 59.3 Å². The van der Waals surface area contributed by atoms with E-state index in [2.05, 4.69) is 10.3 Å². The number of nitrogens with two attached hydrogens (primary N) is 1. The van der Waals surface area contributed by atoms with Gasteiger partial charge in [0.25, 0.3) is 5.91 Å². The van der Waals surface area contributed by atoms with Crippen molar-refractivity contribution in [2.24, 2.45) is 10.7 Å². The number of nitrogens with one attached hydrogen (secondary N) is 1. The number of anilines is 2. The number of amides is 1. The Kier molecular flexibility index (Phi) is 8.77. The van der Waals surface area contributed by atoms with Crippen molar-refractivity contribution in [3.63, 3.8) is 0 Å². The Balaban J connectivity index is 0.00000370. The van der Waals surface area contributed by atoms with E-state index in [-0.39, 0.29) is 25.4 Å². The van der Waals surface area contributed by atoms with Crippen LogP contribution in [0, 0.1) is 5.82 Å². The topological polar surface area (TPSA) is 106 Å². The van der Waals surface area contributed by atoms with E-state index in [4.69, 9.17) is 32.0 Å². The van der Waals surface area contributed by atoms with Crippen LogP contribution in [0.15, 0.2) is 71.9 Å². The van der Waals surface area contributed by atoms with Crippen LogP contribution in [-0.4, -0.2) is 53.7 Å². The number of fused-ring (bicyclic) bond motifs is 3. The molecule has 5 rings (SSSR count). The van der Waals surface area contributed by atoms with Crippen molar-refractivity contribution in [1.29, 1.82) is 0 Å². The van der Waals surface area contributed by atoms with Gasteiger partial charge in [-0.05, 0) is 48.5 Å². The van der Waals surface area contributed by atoms with Gasteiger partial charge in [-0.1, -0.05) is 31.2 Å². The highest BCUT2D eigenvalue weighted by Gasteiger charge is 2.25. The molecule has 0 spiro atoms. The van der Waals surface area contributed by atoms with E-state index in [0.29, 0.717) is 58.0 Å². The number of hydrogen-bond donors (Lipinski definition) is 2. The number of hydrogen-bond acceptors (Lipinski definition) is 7. The fourth-order valence-corrected chi connectivity index (χ4v) is 4.62. The minimum Gasteiger partial charge on any atom is -0.496 e. The Morgan fingerprint density at radius 2 is 1.93 bits per heavy atom. The number of aliphatic imine (C=N–C) groups is 1. The SMILES string of the molecule is C.COc1cccc(F)c1C1=NCc2cnc(Nc3ccc(C(=O)N(C)CCN)cc3)nc2-c2ccc(Cl)cc21. The number of nitrogens with zero attached hydrogens (tertiary/aromatic N) is 4. The van der Waals surface area contributed by atoms with Gasteiger partial charge in [-0.3, -0.25) is 9.79 Å². The van der Waals surface area contributed by atoms with Gasteiger partial charge < -0.3 is 20.7 Å². The minimum absolute atomic E-state index is 0. The second-order valence-corrected chi connectivity index (χ2v) is 9.39. The quantitative estimate of drug-likeness (QED) is 0.300. The van der Waals surface area contributed by atoms with Gasteiger partial charge in [-0.15, -0.1) is 0 Å². The van der Waals surface area contributed by atoms with Crippen LogP contribution in [0.2, 0.25) is 5.02 Å². The van der Waals surface area contributed by atoms with Gasteiger partial charge in [-0.25, -0.2) is 14.4 Å². The maximum Gasteiger partial charge on any atom is 0.253 e. The molecule has 1 aromatic heterocycles. The molecular formula is C30H30ClFN6O2. The fraction of sp³-hybridized carbons (Fsp3) is 0.200. The van der Waals surface area contributed by atoms with Crippen molar-refractivity contribution in [2.45, 2.75) is 14.0 Å². The zero-order valence-electron chi connectivity index (χ0n) is 21.4. The molecule has 1 aliphatic rings. The monoisotopic (exact) mass is 560 g/mol.